The summed E-state index contributed by atoms with van der Waals surface area (Å²) in [5, 5.41) is 34.0. The second-order valence-electron chi connectivity index (χ2n) is 12.1. The van der Waals surface area contributed by atoms with Gasteiger partial charge in [0.05, 0.1) is 16.4 Å². The maximum Gasteiger partial charge on any atom is 1.00 e. The molecule has 0 heterocycles. The summed E-state index contributed by atoms with van der Waals surface area (Å²) in [6.07, 6.45) is 5.87. The van der Waals surface area contributed by atoms with E-state index in [1.807, 2.05) is 24.3 Å². The van der Waals surface area contributed by atoms with Gasteiger partial charge in [-0.1, -0.05) is 72.5 Å². The van der Waals surface area contributed by atoms with Gasteiger partial charge in [0.15, 0.2) is 5.75 Å². The average molecular weight is 845 g/mol. The van der Waals surface area contributed by atoms with Crippen LogP contribution < -0.4 is 78.8 Å². The summed E-state index contributed by atoms with van der Waals surface area (Å²) in [4.78, 5) is 1.85. The van der Waals surface area contributed by atoms with Crippen LogP contribution in [0.1, 0.15) is 43.6 Å². The van der Waals surface area contributed by atoms with Gasteiger partial charge in [0.1, 0.15) is 33.6 Å². The molecule has 0 radical (unpaired) electrons. The Kier molecular flexibility index (Phi) is 15.6. The van der Waals surface area contributed by atoms with E-state index in [9.17, 15) is 36.2 Å². The number of hydrogen-bond donors (Lipinski definition) is 2. The maximum absolute atomic E-state index is 14.0. The van der Waals surface area contributed by atoms with Crippen LogP contribution in [0.4, 0.5) is 17.1 Å². The van der Waals surface area contributed by atoms with Gasteiger partial charge >= 0.3 is 59.1 Å². The number of azo groups is 1. The molecule has 0 aliphatic heterocycles. The number of hydrogen-bond acceptors (Lipinski definition) is 11. The third kappa shape index (κ3) is 11.0. The van der Waals surface area contributed by atoms with E-state index < -0.39 is 70.4 Å². The molecule has 5 aromatic rings. The van der Waals surface area contributed by atoms with E-state index >= 15 is 0 Å². The van der Waals surface area contributed by atoms with Crippen molar-refractivity contribution in [1.82, 2.24) is 0 Å². The van der Waals surface area contributed by atoms with Crippen LogP contribution in [0.15, 0.2) is 110 Å². The molecule has 1 fully saturated rings. The van der Waals surface area contributed by atoms with Crippen molar-refractivity contribution in [2.24, 2.45) is 15.2 Å². The number of rotatable bonds is 11. The van der Waals surface area contributed by atoms with Crippen LogP contribution in [0.3, 0.4) is 0 Å². The van der Waals surface area contributed by atoms with Gasteiger partial charge in [-0.05, 0) is 85.0 Å². The minimum atomic E-state index is -5.27. The monoisotopic (exact) mass is 843 g/mol. The topological polar surface area (TPSA) is 210 Å². The third-order valence-corrected chi connectivity index (χ3v) is 10.8. The molecule has 0 saturated heterocycles. The number of fused-ring (bicyclic) bond motifs is 1. The second-order valence-corrected chi connectivity index (χ2v) is 15.7. The van der Waals surface area contributed by atoms with Crippen LogP contribution in [0.25, 0.3) is 10.8 Å². The van der Waals surface area contributed by atoms with Gasteiger partial charge in [-0.15, -0.1) is 10.2 Å². The predicted molar refractivity (Wildman–Crippen MR) is 195 cm³/mol. The van der Waals surface area contributed by atoms with Crippen molar-refractivity contribution < 1.29 is 105 Å². The van der Waals surface area contributed by atoms with Gasteiger partial charge in [-0.3, -0.25) is 14.1 Å². The fourth-order valence-electron chi connectivity index (χ4n) is 6.01. The molecule has 1 aliphatic carbocycles. The zero-order valence-corrected chi connectivity index (χ0v) is 36.6. The molecule has 2 N–H and O–H groups in total. The summed E-state index contributed by atoms with van der Waals surface area (Å²) in [6, 6.07) is 20.6. The van der Waals surface area contributed by atoms with Gasteiger partial charge in [0, 0.05) is 21.7 Å². The van der Waals surface area contributed by atoms with E-state index in [1.54, 1.807) is 18.2 Å². The summed E-state index contributed by atoms with van der Waals surface area (Å²) in [7, 11) is -10.4. The van der Waals surface area contributed by atoms with Crippen molar-refractivity contribution in [2.45, 2.75) is 47.8 Å². The largest absolute Gasteiger partial charge is 1.00 e. The quantitative estimate of drug-likeness (QED) is 0.0652. The maximum atomic E-state index is 14.0. The molecular weight excluding hydrogens is 815 g/mol. The first-order valence-corrected chi connectivity index (χ1v) is 19.7. The molecule has 0 amide bonds. The summed E-state index contributed by atoms with van der Waals surface area (Å²) in [5.41, 5.74) is -0.0842. The van der Waals surface area contributed by atoms with Crippen LogP contribution in [0.2, 0.25) is 10.0 Å². The summed E-state index contributed by atoms with van der Waals surface area (Å²) >= 11 is 12.0. The van der Waals surface area contributed by atoms with Crippen molar-refractivity contribution in [3.63, 3.8) is 0 Å². The van der Waals surface area contributed by atoms with Crippen molar-refractivity contribution in [2.75, 3.05) is 6.61 Å². The Hall–Kier alpha value is -2.77. The second kappa shape index (κ2) is 19.1. The molecule has 5 aromatic carbocycles. The molecule has 0 spiro atoms. The zero-order valence-electron chi connectivity index (χ0n) is 29.5. The van der Waals surface area contributed by atoms with Crippen molar-refractivity contribution in [1.29, 1.82) is 0 Å². The summed E-state index contributed by atoms with van der Waals surface area (Å²) < 4.78 is 81.2. The Balaban J connectivity index is 0.00000336. The molecule has 0 unspecified atom stereocenters. The molecule has 1 aliphatic rings. The van der Waals surface area contributed by atoms with Crippen molar-refractivity contribution in [3.8, 4) is 23.0 Å². The van der Waals surface area contributed by atoms with Crippen LogP contribution in [-0.4, -0.2) is 38.4 Å². The standard InChI is InChI=1S/C36H31Cl2N3O10S2.2Na/c37-23-12-16-29(26(38)18-23)50-20-33(42)39-28-15-17-31(52(44,45)46)25-19-32(53(47,48)49)35(36(43)34(25)28)41-40-27-8-4-5-9-30(27)51-24-13-10-22(11-14-24)21-6-2-1-3-7-21;;/h4-5,8-19,21,43H,1-3,6-7,20H2,(H,39,42)(H,44,45,46)(H,47,48,49);;/q;2*+1/p-2. The molecule has 19 heteroatoms. The Bertz CT molecular complexity index is 2480. The molecule has 1 saturated carbocycles. The van der Waals surface area contributed by atoms with E-state index in [0.717, 1.165) is 25.0 Å². The number of aliphatic imine (C=N–C) groups is 1. The van der Waals surface area contributed by atoms with Crippen LogP contribution in [0, 0.1) is 0 Å². The van der Waals surface area contributed by atoms with E-state index in [0.29, 0.717) is 22.8 Å². The minimum absolute atomic E-state index is 0. The molecule has 6 rings (SSSR count). The fourth-order valence-corrected chi connectivity index (χ4v) is 7.80. The summed E-state index contributed by atoms with van der Waals surface area (Å²) in [6.45, 7) is -0.688. The number of para-hydroxylation sites is 1. The smallest absolute Gasteiger partial charge is 0.870 e. The third-order valence-electron chi connectivity index (χ3n) is 8.49. The average Bonchev–Trinajstić information content (AvgIpc) is 3.11. The van der Waals surface area contributed by atoms with Crippen molar-refractivity contribution >= 4 is 77.2 Å². The Morgan fingerprint density at radius 3 is 2.11 bits per heavy atom. The van der Waals surface area contributed by atoms with Gasteiger partial charge < -0.3 is 19.7 Å². The molecular formula is C36H29Cl2N3Na2O10S2. The first-order valence-electron chi connectivity index (χ1n) is 16.1. The van der Waals surface area contributed by atoms with E-state index in [-0.39, 0.29) is 81.3 Å². The SMILES string of the molecule is O=S(=O)(O)c1cc2c(S(=O)(=O)O)ccc(N=C([O-])COc3ccc(Cl)cc3Cl)c2c([O-])c1N=Nc1ccccc1Oc1ccc(C2CCCCC2)cc1.[Na+].[Na+]. The minimum Gasteiger partial charge on any atom is -0.870 e. The molecule has 0 atom stereocenters. The predicted octanol–water partition coefficient (Wildman–Crippen LogP) is 2.45. The number of benzene rings is 5. The first-order chi connectivity index (χ1) is 25.2. The fraction of sp³-hybridized carbons (Fsp3) is 0.194. The zero-order chi connectivity index (χ0) is 37.9. The van der Waals surface area contributed by atoms with E-state index in [4.69, 9.17) is 32.7 Å². The first kappa shape index (κ1) is 44.9. The van der Waals surface area contributed by atoms with Crippen molar-refractivity contribution in [3.05, 3.63) is 101 Å². The van der Waals surface area contributed by atoms with Crippen LogP contribution in [-0.2, 0) is 20.2 Å². The Labute approximate surface area is 371 Å². The molecule has 276 valence electrons. The number of ether oxygens (including phenoxy) is 2. The number of halogens is 2. The van der Waals surface area contributed by atoms with E-state index in [1.165, 1.54) is 49.1 Å². The van der Waals surface area contributed by atoms with Crippen LogP contribution >= 0.6 is 23.2 Å². The van der Waals surface area contributed by atoms with Gasteiger partial charge in [-0.25, -0.2) is 0 Å². The van der Waals surface area contributed by atoms with E-state index in [2.05, 4.69) is 15.2 Å². The molecule has 0 aromatic heterocycles. The van der Waals surface area contributed by atoms with Crippen LogP contribution in [0.5, 0.6) is 23.0 Å². The normalized spacial score (nSPS) is 14.0. The molecule has 0 bridgehead atoms. The van der Waals surface area contributed by atoms with Gasteiger partial charge in [-0.2, -0.15) is 16.8 Å². The number of nitrogens with zero attached hydrogens (tertiary/aromatic N) is 3. The Morgan fingerprint density at radius 2 is 1.45 bits per heavy atom. The summed E-state index contributed by atoms with van der Waals surface area (Å²) in [5.74, 6) is -0.987. The molecule has 13 nitrogen and oxygen atoms in total. The molecule has 55 heavy (non-hydrogen) atoms. The Morgan fingerprint density at radius 1 is 0.782 bits per heavy atom. The van der Waals surface area contributed by atoms with Gasteiger partial charge in [0.2, 0.25) is 0 Å². The van der Waals surface area contributed by atoms with Gasteiger partial charge in [0.25, 0.3) is 20.2 Å².